The van der Waals surface area contributed by atoms with Crippen LogP contribution in [0, 0.1) is 9.49 Å². The van der Waals surface area contributed by atoms with E-state index in [9.17, 15) is 4.79 Å². The number of rotatable bonds is 3. The number of nitrogens with one attached hydrogen (secondary N) is 1. The second-order valence-electron chi connectivity index (χ2n) is 4.03. The molecule has 0 fully saturated rings. The van der Waals surface area contributed by atoms with E-state index in [0.29, 0.717) is 12.3 Å². The van der Waals surface area contributed by atoms with Crippen molar-refractivity contribution in [3.05, 3.63) is 40.0 Å². The van der Waals surface area contributed by atoms with Crippen molar-refractivity contribution in [2.45, 2.75) is 19.3 Å². The van der Waals surface area contributed by atoms with E-state index in [-0.39, 0.29) is 5.91 Å². The Kier molecular flexibility index (Phi) is 3.98. The Balaban J connectivity index is 1.89. The lowest BCUT2D eigenvalue weighted by atomic mass is 10.1. The van der Waals surface area contributed by atoms with Gasteiger partial charge in [0.05, 0.1) is 0 Å². The Morgan fingerprint density at radius 3 is 3.06 bits per heavy atom. The molecule has 1 N–H and O–H groups in total. The van der Waals surface area contributed by atoms with E-state index in [1.54, 1.807) is 0 Å². The molecule has 16 heavy (non-hydrogen) atoms. The molecule has 0 aliphatic heterocycles. The molecule has 1 aliphatic rings. The summed E-state index contributed by atoms with van der Waals surface area (Å²) in [6.45, 7) is 0. The van der Waals surface area contributed by atoms with Gasteiger partial charge in [-0.25, -0.2) is 0 Å². The summed E-state index contributed by atoms with van der Waals surface area (Å²) in [7, 11) is 0. The molecule has 2 nitrogen and oxygen atoms in total. The number of amides is 1. The number of carbonyl (C=O) groups excluding carboxylic acids is 1. The number of hydrogen-bond donors (Lipinski definition) is 1. The molecule has 0 heterocycles. The molecule has 0 unspecified atom stereocenters. The van der Waals surface area contributed by atoms with Crippen molar-refractivity contribution in [2.75, 3.05) is 5.32 Å². The van der Waals surface area contributed by atoms with Gasteiger partial charge < -0.3 is 5.32 Å². The molecule has 84 valence electrons. The molecule has 1 aromatic carbocycles. The van der Waals surface area contributed by atoms with Gasteiger partial charge in [-0.3, -0.25) is 4.79 Å². The molecule has 1 atom stereocenters. The highest BCUT2D eigenvalue weighted by molar-refractivity contribution is 14.1. The minimum Gasteiger partial charge on any atom is -0.326 e. The molecule has 1 aliphatic carbocycles. The van der Waals surface area contributed by atoms with Gasteiger partial charge in [0, 0.05) is 15.7 Å². The highest BCUT2D eigenvalue weighted by Crippen LogP contribution is 2.21. The van der Waals surface area contributed by atoms with Crippen LogP contribution in [-0.4, -0.2) is 5.91 Å². The molecule has 0 radical (unpaired) electrons. The van der Waals surface area contributed by atoms with Crippen LogP contribution in [0.15, 0.2) is 36.4 Å². The number of allylic oxidation sites excluding steroid dienone is 2. The zero-order valence-electron chi connectivity index (χ0n) is 8.95. The summed E-state index contributed by atoms with van der Waals surface area (Å²) < 4.78 is 1.14. The summed E-state index contributed by atoms with van der Waals surface area (Å²) in [6, 6.07) is 7.86. The molecule has 0 saturated heterocycles. The van der Waals surface area contributed by atoms with Crippen molar-refractivity contribution < 1.29 is 4.79 Å². The molecule has 0 saturated carbocycles. The number of hydrogen-bond acceptors (Lipinski definition) is 1. The fraction of sp³-hybridized carbons (Fsp3) is 0.308. The van der Waals surface area contributed by atoms with Gasteiger partial charge in [0.25, 0.3) is 0 Å². The molecular weight excluding hydrogens is 313 g/mol. The van der Waals surface area contributed by atoms with Gasteiger partial charge in [0.1, 0.15) is 0 Å². The number of anilines is 1. The van der Waals surface area contributed by atoms with Gasteiger partial charge >= 0.3 is 0 Å². The number of benzene rings is 1. The lowest BCUT2D eigenvalue weighted by molar-refractivity contribution is -0.116. The van der Waals surface area contributed by atoms with Crippen LogP contribution in [0.1, 0.15) is 19.3 Å². The number of halogens is 1. The monoisotopic (exact) mass is 327 g/mol. The molecule has 0 spiro atoms. The summed E-state index contributed by atoms with van der Waals surface area (Å²) >= 11 is 2.24. The van der Waals surface area contributed by atoms with Crippen LogP contribution in [0.2, 0.25) is 0 Å². The molecule has 3 heteroatoms. The summed E-state index contributed by atoms with van der Waals surface area (Å²) in [5.41, 5.74) is 0.888. The zero-order chi connectivity index (χ0) is 11.4. The van der Waals surface area contributed by atoms with Crippen molar-refractivity contribution in [1.29, 1.82) is 0 Å². The van der Waals surface area contributed by atoms with Gasteiger partial charge in [-0.2, -0.15) is 0 Å². The van der Waals surface area contributed by atoms with Crippen molar-refractivity contribution in [2.24, 2.45) is 5.92 Å². The summed E-state index contributed by atoms with van der Waals surface area (Å²) in [5, 5.41) is 2.93. The Morgan fingerprint density at radius 2 is 2.38 bits per heavy atom. The predicted molar refractivity (Wildman–Crippen MR) is 74.3 cm³/mol. The fourth-order valence-electron chi connectivity index (χ4n) is 1.88. The number of carbonyl (C=O) groups is 1. The first-order valence-electron chi connectivity index (χ1n) is 5.46. The summed E-state index contributed by atoms with van der Waals surface area (Å²) in [5.74, 6) is 0.543. The topological polar surface area (TPSA) is 29.1 Å². The molecule has 0 aromatic heterocycles. The minimum atomic E-state index is 0.110. The van der Waals surface area contributed by atoms with E-state index in [1.807, 2.05) is 24.3 Å². The standard InChI is InChI=1S/C13H14INO/c14-11-6-3-7-12(9-11)15-13(16)8-10-4-1-2-5-10/h1,3-4,6-7,9-10H,2,5,8H2,(H,15,16)/t10-/m1/s1. The fourth-order valence-corrected chi connectivity index (χ4v) is 2.42. The van der Waals surface area contributed by atoms with Crippen LogP contribution < -0.4 is 5.32 Å². The first-order valence-corrected chi connectivity index (χ1v) is 6.54. The molecule has 0 bridgehead atoms. The average Bonchev–Trinajstić information content (AvgIpc) is 2.70. The third-order valence-corrected chi connectivity index (χ3v) is 3.34. The summed E-state index contributed by atoms with van der Waals surface area (Å²) in [6.07, 6.45) is 7.13. The van der Waals surface area contributed by atoms with Gasteiger partial charge in [-0.05, 0) is 59.5 Å². The zero-order valence-corrected chi connectivity index (χ0v) is 11.1. The maximum Gasteiger partial charge on any atom is 0.224 e. The largest absolute Gasteiger partial charge is 0.326 e. The minimum absolute atomic E-state index is 0.110. The van der Waals surface area contributed by atoms with Gasteiger partial charge in [-0.1, -0.05) is 18.2 Å². The highest BCUT2D eigenvalue weighted by Gasteiger charge is 2.13. The second kappa shape index (κ2) is 5.48. The van der Waals surface area contributed by atoms with E-state index < -0.39 is 0 Å². The van der Waals surface area contributed by atoms with Gasteiger partial charge in [0.2, 0.25) is 5.91 Å². The normalized spacial score (nSPS) is 18.7. The Hall–Kier alpha value is -0.840. The van der Waals surface area contributed by atoms with Crippen LogP contribution in [-0.2, 0) is 4.79 Å². The van der Waals surface area contributed by atoms with Crippen LogP contribution >= 0.6 is 22.6 Å². The first kappa shape index (κ1) is 11.6. The molecular formula is C13H14INO. The van der Waals surface area contributed by atoms with Crippen LogP contribution in [0.4, 0.5) is 5.69 Å². The second-order valence-corrected chi connectivity index (χ2v) is 5.27. The molecule has 1 aromatic rings. The smallest absolute Gasteiger partial charge is 0.224 e. The Morgan fingerprint density at radius 1 is 1.50 bits per heavy atom. The molecule has 2 rings (SSSR count). The third-order valence-electron chi connectivity index (χ3n) is 2.67. The summed E-state index contributed by atoms with van der Waals surface area (Å²) in [4.78, 5) is 11.7. The van der Waals surface area contributed by atoms with E-state index >= 15 is 0 Å². The van der Waals surface area contributed by atoms with Crippen molar-refractivity contribution >= 4 is 34.2 Å². The van der Waals surface area contributed by atoms with Crippen LogP contribution in [0.3, 0.4) is 0 Å². The van der Waals surface area contributed by atoms with Crippen molar-refractivity contribution in [3.8, 4) is 0 Å². The van der Waals surface area contributed by atoms with E-state index in [4.69, 9.17) is 0 Å². The lowest BCUT2D eigenvalue weighted by Crippen LogP contribution is -2.14. The van der Waals surface area contributed by atoms with Crippen molar-refractivity contribution in [3.63, 3.8) is 0 Å². The van der Waals surface area contributed by atoms with Crippen LogP contribution in [0.25, 0.3) is 0 Å². The van der Waals surface area contributed by atoms with Gasteiger partial charge in [-0.15, -0.1) is 0 Å². The lowest BCUT2D eigenvalue weighted by Gasteiger charge is -2.08. The average molecular weight is 327 g/mol. The van der Waals surface area contributed by atoms with E-state index in [0.717, 1.165) is 22.1 Å². The molecule has 1 amide bonds. The first-order chi connectivity index (χ1) is 7.74. The van der Waals surface area contributed by atoms with E-state index in [1.165, 1.54) is 0 Å². The SMILES string of the molecule is O=C(C[C@@H]1C=CCC1)Nc1cccc(I)c1. The maximum absolute atomic E-state index is 11.7. The maximum atomic E-state index is 11.7. The van der Waals surface area contributed by atoms with Crippen LogP contribution in [0.5, 0.6) is 0 Å². The quantitative estimate of drug-likeness (QED) is 0.667. The van der Waals surface area contributed by atoms with Gasteiger partial charge in [0.15, 0.2) is 0 Å². The Bertz CT molecular complexity index is 414. The highest BCUT2D eigenvalue weighted by atomic mass is 127. The van der Waals surface area contributed by atoms with Crippen molar-refractivity contribution in [1.82, 2.24) is 0 Å². The predicted octanol–water partition coefficient (Wildman–Crippen LogP) is 3.59. The Labute approximate surface area is 109 Å². The van der Waals surface area contributed by atoms with E-state index in [2.05, 4.69) is 40.1 Å². The third kappa shape index (κ3) is 3.33.